The van der Waals surface area contributed by atoms with Gasteiger partial charge in [-0.2, -0.15) is 22.8 Å². The van der Waals surface area contributed by atoms with Crippen LogP contribution >= 0.6 is 0 Å². The van der Waals surface area contributed by atoms with E-state index >= 15 is 0 Å². The normalized spacial score (nSPS) is 11.4. The Hall–Kier alpha value is -4.36. The molecule has 0 radical (unpaired) electrons. The maximum absolute atomic E-state index is 12.7. The van der Waals surface area contributed by atoms with Gasteiger partial charge in [-0.1, -0.05) is 0 Å². The number of H-pyrrole nitrogens is 1. The molecule has 4 rings (SSSR count). The van der Waals surface area contributed by atoms with Crippen molar-refractivity contribution in [1.82, 2.24) is 39.9 Å². The van der Waals surface area contributed by atoms with Gasteiger partial charge in [-0.05, 0) is 25.1 Å². The first-order chi connectivity index (χ1) is 14.8. The van der Waals surface area contributed by atoms with Gasteiger partial charge in [0.2, 0.25) is 17.5 Å². The maximum Gasteiger partial charge on any atom is 0.451 e. The van der Waals surface area contributed by atoms with E-state index in [0.717, 1.165) is 4.68 Å². The van der Waals surface area contributed by atoms with Crippen molar-refractivity contribution in [1.29, 1.82) is 0 Å². The van der Waals surface area contributed by atoms with E-state index in [1.165, 1.54) is 25.4 Å². The molecule has 0 aliphatic rings. The highest BCUT2D eigenvalue weighted by atomic mass is 19.4. The predicted octanol–water partition coefficient (Wildman–Crippen LogP) is 2.55. The van der Waals surface area contributed by atoms with Crippen LogP contribution < -0.4 is 10.1 Å². The van der Waals surface area contributed by atoms with Crippen molar-refractivity contribution in [2.75, 3.05) is 5.32 Å². The highest BCUT2D eigenvalue weighted by Gasteiger charge is 2.35. The average molecular weight is 431 g/mol. The van der Waals surface area contributed by atoms with Crippen LogP contribution in [0.25, 0.3) is 5.95 Å². The molecule has 4 aromatic heterocycles. The molecule has 0 atom stereocenters. The molecule has 31 heavy (non-hydrogen) atoms. The van der Waals surface area contributed by atoms with Crippen molar-refractivity contribution in [3.05, 3.63) is 60.3 Å². The molecule has 158 valence electrons. The van der Waals surface area contributed by atoms with Crippen LogP contribution in [0, 0.1) is 6.92 Å². The summed E-state index contributed by atoms with van der Waals surface area (Å²) in [7, 11) is 0. The van der Waals surface area contributed by atoms with Gasteiger partial charge in [-0.25, -0.2) is 9.97 Å². The zero-order chi connectivity index (χ0) is 22.0. The monoisotopic (exact) mass is 431 g/mol. The number of carbonyl (C=O) groups excluding carboxylic acids is 1. The van der Waals surface area contributed by atoms with E-state index in [9.17, 15) is 18.0 Å². The van der Waals surface area contributed by atoms with Gasteiger partial charge in [-0.3, -0.25) is 14.9 Å². The number of alkyl halides is 3. The highest BCUT2D eigenvalue weighted by molar-refractivity contribution is 6.01. The summed E-state index contributed by atoms with van der Waals surface area (Å²) in [6.45, 7) is 1.44. The quantitative estimate of drug-likeness (QED) is 0.492. The minimum atomic E-state index is -4.69. The summed E-state index contributed by atoms with van der Waals surface area (Å²) in [6, 6.07) is 6.50. The first kappa shape index (κ1) is 19.9. The fourth-order valence-electron chi connectivity index (χ4n) is 2.38. The third-order valence-electron chi connectivity index (χ3n) is 3.75. The molecule has 0 fully saturated rings. The molecule has 0 saturated carbocycles. The molecular weight excluding hydrogens is 419 g/mol. The molecule has 4 heterocycles. The first-order valence-corrected chi connectivity index (χ1v) is 8.58. The van der Waals surface area contributed by atoms with Crippen molar-refractivity contribution in [3.8, 4) is 17.6 Å². The standard InChI is InChI=1S/C17H12F3N9O2/c1-9-23-13(28-29(9)16-25-15(26-27-16)17(18,19)20)14(30)24-10-4-5-12(22-7-10)31-11-3-2-6-21-8-11/h2-8H,1H3,(H,24,30)(H,25,26,27). The van der Waals surface area contributed by atoms with E-state index in [1.54, 1.807) is 29.5 Å². The number of rotatable bonds is 5. The third-order valence-corrected chi connectivity index (χ3v) is 3.75. The van der Waals surface area contributed by atoms with E-state index in [0.29, 0.717) is 11.4 Å². The van der Waals surface area contributed by atoms with Crippen LogP contribution in [0.3, 0.4) is 0 Å². The van der Waals surface area contributed by atoms with Gasteiger partial charge >= 0.3 is 6.18 Å². The second-order valence-electron chi connectivity index (χ2n) is 6.01. The second kappa shape index (κ2) is 7.81. The van der Waals surface area contributed by atoms with Crippen LogP contribution in [0.4, 0.5) is 18.9 Å². The van der Waals surface area contributed by atoms with Crippen LogP contribution in [0.5, 0.6) is 11.6 Å². The smallest absolute Gasteiger partial charge is 0.437 e. The SMILES string of the molecule is Cc1nc(C(=O)Nc2ccc(Oc3cccnc3)nc2)nn1-c1n[nH]c(C(F)(F)F)n1. The minimum Gasteiger partial charge on any atom is -0.437 e. The van der Waals surface area contributed by atoms with Crippen molar-refractivity contribution >= 4 is 11.6 Å². The molecule has 0 bridgehead atoms. The molecule has 0 spiro atoms. The van der Waals surface area contributed by atoms with Gasteiger partial charge < -0.3 is 10.1 Å². The van der Waals surface area contributed by atoms with Gasteiger partial charge in [0, 0.05) is 12.3 Å². The number of aromatic amines is 1. The van der Waals surface area contributed by atoms with E-state index in [1.807, 2.05) is 0 Å². The largest absolute Gasteiger partial charge is 0.451 e. The number of hydrogen-bond donors (Lipinski definition) is 2. The number of halogens is 3. The number of hydrogen-bond acceptors (Lipinski definition) is 8. The molecule has 4 aromatic rings. The first-order valence-electron chi connectivity index (χ1n) is 8.58. The van der Waals surface area contributed by atoms with Crippen molar-refractivity contribution in [3.63, 3.8) is 0 Å². The molecule has 0 unspecified atom stereocenters. The molecule has 11 nitrogen and oxygen atoms in total. The fourth-order valence-corrected chi connectivity index (χ4v) is 2.38. The van der Waals surface area contributed by atoms with E-state index in [2.05, 4.69) is 35.5 Å². The van der Waals surface area contributed by atoms with Crippen LogP contribution in [-0.2, 0) is 6.18 Å². The van der Waals surface area contributed by atoms with Crippen LogP contribution in [-0.4, -0.2) is 45.8 Å². The lowest BCUT2D eigenvalue weighted by atomic mass is 10.4. The summed E-state index contributed by atoms with van der Waals surface area (Å²) in [4.78, 5) is 27.7. The molecule has 2 N–H and O–H groups in total. The van der Waals surface area contributed by atoms with Gasteiger partial charge in [0.1, 0.15) is 11.6 Å². The summed E-state index contributed by atoms with van der Waals surface area (Å²) in [5.74, 6) is -1.76. The van der Waals surface area contributed by atoms with E-state index in [-0.39, 0.29) is 17.5 Å². The van der Waals surface area contributed by atoms with Crippen molar-refractivity contribution in [2.45, 2.75) is 13.1 Å². The zero-order valence-corrected chi connectivity index (χ0v) is 15.6. The molecule has 0 saturated heterocycles. The second-order valence-corrected chi connectivity index (χ2v) is 6.01. The Morgan fingerprint density at radius 3 is 2.68 bits per heavy atom. The highest BCUT2D eigenvalue weighted by Crippen LogP contribution is 2.26. The summed E-state index contributed by atoms with van der Waals surface area (Å²) in [5.41, 5.74) is 0.329. The van der Waals surface area contributed by atoms with Crippen molar-refractivity contribution < 1.29 is 22.7 Å². The molecule has 0 aliphatic carbocycles. The number of carbonyl (C=O) groups is 1. The fraction of sp³-hybridized carbons (Fsp3) is 0.118. The predicted molar refractivity (Wildman–Crippen MR) is 97.5 cm³/mol. The number of anilines is 1. The van der Waals surface area contributed by atoms with Gasteiger partial charge in [-0.15, -0.1) is 10.2 Å². The number of aromatic nitrogens is 8. The molecule has 14 heteroatoms. The van der Waals surface area contributed by atoms with Gasteiger partial charge in [0.05, 0.1) is 18.1 Å². The summed E-state index contributed by atoms with van der Waals surface area (Å²) in [5, 5.41) is 11.6. The van der Waals surface area contributed by atoms with E-state index in [4.69, 9.17) is 4.74 Å². The van der Waals surface area contributed by atoms with Gasteiger partial charge in [0.15, 0.2) is 0 Å². The number of ether oxygens (including phenoxy) is 1. The molecule has 1 amide bonds. The lowest BCUT2D eigenvalue weighted by Crippen LogP contribution is -2.14. The topological polar surface area (TPSA) is 136 Å². The van der Waals surface area contributed by atoms with Crippen LogP contribution in [0.2, 0.25) is 0 Å². The van der Waals surface area contributed by atoms with Crippen molar-refractivity contribution in [2.24, 2.45) is 0 Å². The summed E-state index contributed by atoms with van der Waals surface area (Å²) >= 11 is 0. The molecular formula is C17H12F3N9O2. The Morgan fingerprint density at radius 1 is 1.19 bits per heavy atom. The number of amides is 1. The Balaban J connectivity index is 1.45. The molecule has 0 aromatic carbocycles. The summed E-state index contributed by atoms with van der Waals surface area (Å²) in [6.07, 6.45) is -0.209. The molecule has 0 aliphatic heterocycles. The summed E-state index contributed by atoms with van der Waals surface area (Å²) < 4.78 is 44.5. The Labute approximate surface area is 171 Å². The Morgan fingerprint density at radius 2 is 2.03 bits per heavy atom. The van der Waals surface area contributed by atoms with Gasteiger partial charge in [0.25, 0.3) is 11.9 Å². The van der Waals surface area contributed by atoms with E-state index < -0.39 is 23.9 Å². The zero-order valence-electron chi connectivity index (χ0n) is 15.6. The third kappa shape index (κ3) is 4.47. The minimum absolute atomic E-state index is 0.121. The van der Waals surface area contributed by atoms with Crippen LogP contribution in [0.1, 0.15) is 22.3 Å². The average Bonchev–Trinajstić information content (AvgIpc) is 3.37. The number of aryl methyl sites for hydroxylation is 1. The Kier molecular flexibility index (Phi) is 5.02. The van der Waals surface area contributed by atoms with Crippen LogP contribution in [0.15, 0.2) is 42.9 Å². The number of nitrogens with zero attached hydrogens (tertiary/aromatic N) is 7. The Bertz CT molecular complexity index is 1200. The number of pyridine rings is 2. The maximum atomic E-state index is 12.7. The lowest BCUT2D eigenvalue weighted by molar-refractivity contribution is -0.144. The number of nitrogens with one attached hydrogen (secondary N) is 2. The lowest BCUT2D eigenvalue weighted by Gasteiger charge is -2.05.